The first-order valence-corrected chi connectivity index (χ1v) is 8.62. The standard InChI is InChI=1S/C18H15P.BF4/c1-4-10-16(11-5-1)19(17-12-6-2-7-13-17)18-14-8-3-9-15-18;2-1(3,4)5/h1-15H;/q;-1. The van der Waals surface area contributed by atoms with Gasteiger partial charge in [0, 0.05) is 0 Å². The molecule has 24 heavy (non-hydrogen) atoms. The van der Waals surface area contributed by atoms with E-state index in [0.29, 0.717) is 0 Å². The largest absolute Gasteiger partial charge is 0.673 e. The predicted molar refractivity (Wildman–Crippen MR) is 95.3 cm³/mol. The molecule has 0 fully saturated rings. The molecule has 6 heteroatoms. The van der Waals surface area contributed by atoms with Gasteiger partial charge in [-0.25, -0.2) is 0 Å². The zero-order valence-electron chi connectivity index (χ0n) is 12.7. The molecule has 0 atom stereocenters. The Hall–Kier alpha value is -2.13. The van der Waals surface area contributed by atoms with Gasteiger partial charge in [0.2, 0.25) is 0 Å². The summed E-state index contributed by atoms with van der Waals surface area (Å²) in [6, 6.07) is 32.3. The molecule has 0 bridgehead atoms. The van der Waals surface area contributed by atoms with Crippen LogP contribution in [0.4, 0.5) is 17.3 Å². The van der Waals surface area contributed by atoms with Crippen LogP contribution >= 0.6 is 7.92 Å². The van der Waals surface area contributed by atoms with Gasteiger partial charge in [-0.05, 0) is 23.8 Å². The van der Waals surface area contributed by atoms with E-state index < -0.39 is 15.2 Å². The molecule has 0 saturated heterocycles. The van der Waals surface area contributed by atoms with Gasteiger partial charge in [-0.3, -0.25) is 0 Å². The Kier molecular flexibility index (Phi) is 6.57. The van der Waals surface area contributed by atoms with E-state index in [1.54, 1.807) is 0 Å². The van der Waals surface area contributed by atoms with Crippen molar-refractivity contribution in [2.45, 2.75) is 0 Å². The Morgan fingerprint density at radius 3 is 0.875 bits per heavy atom. The van der Waals surface area contributed by atoms with Crippen molar-refractivity contribution in [3.8, 4) is 0 Å². The molecule has 0 radical (unpaired) electrons. The Labute approximate surface area is 140 Å². The van der Waals surface area contributed by atoms with Crippen molar-refractivity contribution in [2.75, 3.05) is 0 Å². The lowest BCUT2D eigenvalue weighted by Gasteiger charge is -2.18. The van der Waals surface area contributed by atoms with Crippen LogP contribution in [-0.2, 0) is 0 Å². The molecular formula is C18H15BF4P-. The summed E-state index contributed by atoms with van der Waals surface area (Å²) in [5, 5.41) is 4.19. The molecule has 0 aliphatic heterocycles. The minimum Gasteiger partial charge on any atom is -0.418 e. The third-order valence-corrected chi connectivity index (χ3v) is 5.49. The van der Waals surface area contributed by atoms with E-state index >= 15 is 0 Å². The van der Waals surface area contributed by atoms with Gasteiger partial charge >= 0.3 is 7.25 Å². The van der Waals surface area contributed by atoms with Crippen molar-refractivity contribution < 1.29 is 17.3 Å². The van der Waals surface area contributed by atoms with Gasteiger partial charge < -0.3 is 17.3 Å². The average molecular weight is 349 g/mol. The maximum absolute atomic E-state index is 9.75. The lowest BCUT2D eigenvalue weighted by atomic mass is 10.3. The minimum absolute atomic E-state index is 0.446. The summed E-state index contributed by atoms with van der Waals surface area (Å²) in [4.78, 5) is 0. The molecule has 0 N–H and O–H groups in total. The number of halogens is 4. The van der Waals surface area contributed by atoms with E-state index in [4.69, 9.17) is 0 Å². The second-order valence-corrected chi connectivity index (χ2v) is 7.06. The summed E-state index contributed by atoms with van der Waals surface area (Å²) in [5.74, 6) is 0. The summed E-state index contributed by atoms with van der Waals surface area (Å²) in [7, 11) is -6.45. The first-order valence-electron chi connectivity index (χ1n) is 7.28. The monoisotopic (exact) mass is 349 g/mol. The van der Waals surface area contributed by atoms with Crippen LogP contribution < -0.4 is 15.9 Å². The van der Waals surface area contributed by atoms with E-state index in [-0.39, 0.29) is 0 Å². The van der Waals surface area contributed by atoms with Crippen molar-refractivity contribution in [1.82, 2.24) is 0 Å². The van der Waals surface area contributed by atoms with Crippen LogP contribution in [0, 0.1) is 0 Å². The Morgan fingerprint density at radius 2 is 0.667 bits per heavy atom. The number of hydrogen-bond donors (Lipinski definition) is 0. The quantitative estimate of drug-likeness (QED) is 0.364. The van der Waals surface area contributed by atoms with Gasteiger partial charge in [0.15, 0.2) is 0 Å². The molecule has 0 nitrogen and oxygen atoms in total. The van der Waals surface area contributed by atoms with Gasteiger partial charge in [-0.2, -0.15) is 0 Å². The maximum atomic E-state index is 9.75. The van der Waals surface area contributed by atoms with Crippen molar-refractivity contribution in [3.05, 3.63) is 91.0 Å². The van der Waals surface area contributed by atoms with Gasteiger partial charge in [0.05, 0.1) is 0 Å². The Bertz CT molecular complexity index is 618. The molecule has 0 spiro atoms. The zero-order valence-corrected chi connectivity index (χ0v) is 13.6. The number of rotatable bonds is 3. The van der Waals surface area contributed by atoms with Crippen LogP contribution in [0.1, 0.15) is 0 Å². The summed E-state index contributed by atoms with van der Waals surface area (Å²) in [5.41, 5.74) is 0. The van der Waals surface area contributed by atoms with E-state index in [2.05, 4.69) is 91.0 Å². The first-order chi connectivity index (χ1) is 11.4. The fourth-order valence-corrected chi connectivity index (χ4v) is 4.48. The molecule has 0 saturated carbocycles. The summed E-state index contributed by atoms with van der Waals surface area (Å²) in [6.07, 6.45) is 0. The average Bonchev–Trinajstić information content (AvgIpc) is 2.57. The topological polar surface area (TPSA) is 0 Å². The highest BCUT2D eigenvalue weighted by molar-refractivity contribution is 7.79. The zero-order chi connectivity index (χ0) is 17.4. The highest BCUT2D eigenvalue weighted by Gasteiger charge is 2.20. The lowest BCUT2D eigenvalue weighted by molar-refractivity contribution is 0.368. The van der Waals surface area contributed by atoms with Gasteiger partial charge in [0.25, 0.3) is 0 Å². The molecule has 0 unspecified atom stereocenters. The Balaban J connectivity index is 0.000000368. The summed E-state index contributed by atoms with van der Waals surface area (Å²) >= 11 is 0. The molecule has 3 aromatic rings. The maximum Gasteiger partial charge on any atom is 0.673 e. The highest BCUT2D eigenvalue weighted by atomic mass is 31.1. The molecule has 3 rings (SSSR count). The molecular weight excluding hydrogens is 334 g/mol. The molecule has 0 heterocycles. The van der Waals surface area contributed by atoms with Crippen LogP contribution in [0.15, 0.2) is 91.0 Å². The minimum atomic E-state index is -6.00. The highest BCUT2D eigenvalue weighted by Crippen LogP contribution is 2.32. The number of hydrogen-bond acceptors (Lipinski definition) is 0. The fraction of sp³-hybridized carbons (Fsp3) is 0. The Morgan fingerprint density at radius 1 is 0.458 bits per heavy atom. The van der Waals surface area contributed by atoms with Crippen LogP contribution in [0.3, 0.4) is 0 Å². The van der Waals surface area contributed by atoms with Crippen molar-refractivity contribution in [1.29, 1.82) is 0 Å². The third-order valence-electron chi connectivity index (χ3n) is 3.04. The second kappa shape index (κ2) is 8.65. The number of benzene rings is 3. The molecule has 0 amide bonds. The summed E-state index contributed by atoms with van der Waals surface area (Å²) in [6.45, 7) is 0. The molecule has 0 aliphatic rings. The van der Waals surface area contributed by atoms with Crippen molar-refractivity contribution in [2.24, 2.45) is 0 Å². The first kappa shape index (κ1) is 18.2. The van der Waals surface area contributed by atoms with Gasteiger partial charge in [-0.15, -0.1) is 0 Å². The van der Waals surface area contributed by atoms with E-state index in [1.807, 2.05) is 0 Å². The third kappa shape index (κ3) is 6.17. The second-order valence-electron chi connectivity index (χ2n) is 4.84. The van der Waals surface area contributed by atoms with E-state index in [0.717, 1.165) is 0 Å². The van der Waals surface area contributed by atoms with Crippen molar-refractivity contribution in [3.63, 3.8) is 0 Å². The van der Waals surface area contributed by atoms with Crippen LogP contribution in [0.5, 0.6) is 0 Å². The lowest BCUT2D eigenvalue weighted by Crippen LogP contribution is -2.20. The molecule has 0 aromatic heterocycles. The van der Waals surface area contributed by atoms with Crippen molar-refractivity contribution >= 4 is 31.1 Å². The summed E-state index contributed by atoms with van der Waals surface area (Å²) < 4.78 is 39.0. The predicted octanol–water partition coefficient (Wildman–Crippen LogP) is 4.74. The smallest absolute Gasteiger partial charge is 0.418 e. The normalized spacial score (nSPS) is 10.9. The van der Waals surface area contributed by atoms with E-state index in [1.165, 1.54) is 15.9 Å². The molecule has 124 valence electrons. The van der Waals surface area contributed by atoms with Crippen LogP contribution in [0.25, 0.3) is 0 Å². The van der Waals surface area contributed by atoms with Crippen LogP contribution in [-0.4, -0.2) is 7.25 Å². The fourth-order valence-electron chi connectivity index (χ4n) is 2.18. The van der Waals surface area contributed by atoms with Gasteiger partial charge in [-0.1, -0.05) is 91.0 Å². The molecule has 3 aromatic carbocycles. The van der Waals surface area contributed by atoms with E-state index in [9.17, 15) is 17.3 Å². The van der Waals surface area contributed by atoms with Crippen LogP contribution in [0.2, 0.25) is 0 Å². The van der Waals surface area contributed by atoms with Gasteiger partial charge in [0.1, 0.15) is 0 Å². The SMILES string of the molecule is F[B-](F)(F)F.c1ccc(P(c2ccccc2)c2ccccc2)cc1. The molecule has 0 aliphatic carbocycles.